The molecule has 1 unspecified atom stereocenters. The zero-order valence-corrected chi connectivity index (χ0v) is 22.0. The highest BCUT2D eigenvalue weighted by molar-refractivity contribution is 9.10. The number of rotatable bonds is 9. The molecule has 0 saturated heterocycles. The van der Waals surface area contributed by atoms with Crippen LogP contribution in [-0.2, 0) is 22.6 Å². The highest BCUT2D eigenvalue weighted by Gasteiger charge is 2.30. The van der Waals surface area contributed by atoms with Gasteiger partial charge in [0.1, 0.15) is 11.8 Å². The lowest BCUT2D eigenvalue weighted by Gasteiger charge is -2.31. The van der Waals surface area contributed by atoms with Crippen molar-refractivity contribution in [3.05, 3.63) is 97.9 Å². The predicted octanol–water partition coefficient (Wildman–Crippen LogP) is 5.83. The normalized spacial score (nSPS) is 11.6. The van der Waals surface area contributed by atoms with Gasteiger partial charge in [0.15, 0.2) is 6.61 Å². The van der Waals surface area contributed by atoms with Crippen LogP contribution in [0, 0.1) is 6.92 Å². The fourth-order valence-corrected chi connectivity index (χ4v) is 4.06. The molecule has 3 rings (SSSR count). The summed E-state index contributed by atoms with van der Waals surface area (Å²) in [6.07, 6.45) is 0.352. The van der Waals surface area contributed by atoms with Gasteiger partial charge in [0.25, 0.3) is 5.91 Å². The van der Waals surface area contributed by atoms with Crippen molar-refractivity contribution in [2.45, 2.75) is 25.9 Å². The van der Waals surface area contributed by atoms with Gasteiger partial charge in [0.2, 0.25) is 5.91 Å². The molecule has 3 aromatic rings. The quantitative estimate of drug-likeness (QED) is 0.356. The van der Waals surface area contributed by atoms with Gasteiger partial charge in [-0.2, -0.15) is 0 Å². The van der Waals surface area contributed by atoms with Gasteiger partial charge in [-0.1, -0.05) is 75.5 Å². The second-order valence-electron chi connectivity index (χ2n) is 7.79. The molecule has 0 aromatic heterocycles. The third-order valence-electron chi connectivity index (χ3n) is 5.35. The first-order chi connectivity index (χ1) is 16.3. The minimum atomic E-state index is -0.746. The Morgan fingerprint density at radius 2 is 1.74 bits per heavy atom. The van der Waals surface area contributed by atoms with Gasteiger partial charge in [0, 0.05) is 24.5 Å². The number of ether oxygens (including phenoxy) is 1. The molecule has 0 aliphatic rings. The van der Waals surface area contributed by atoms with Crippen LogP contribution in [0.15, 0.2) is 71.2 Å². The Hall–Kier alpha value is -2.54. The van der Waals surface area contributed by atoms with E-state index < -0.39 is 6.04 Å². The van der Waals surface area contributed by atoms with Crippen LogP contribution in [-0.4, -0.2) is 36.4 Å². The van der Waals surface area contributed by atoms with Crippen LogP contribution in [0.4, 0.5) is 0 Å². The summed E-state index contributed by atoms with van der Waals surface area (Å²) in [7, 11) is 1.56. The molecule has 0 aliphatic heterocycles. The van der Waals surface area contributed by atoms with E-state index in [4.69, 9.17) is 27.9 Å². The molecule has 34 heavy (non-hydrogen) atoms. The van der Waals surface area contributed by atoms with Crippen molar-refractivity contribution in [3.63, 3.8) is 0 Å². The van der Waals surface area contributed by atoms with E-state index in [2.05, 4.69) is 21.2 Å². The van der Waals surface area contributed by atoms with Gasteiger partial charge >= 0.3 is 0 Å². The summed E-state index contributed by atoms with van der Waals surface area (Å²) in [6.45, 7) is 1.89. The van der Waals surface area contributed by atoms with Crippen molar-refractivity contribution >= 4 is 50.9 Å². The maximum absolute atomic E-state index is 13.4. The van der Waals surface area contributed by atoms with E-state index in [0.717, 1.165) is 21.2 Å². The van der Waals surface area contributed by atoms with E-state index in [9.17, 15) is 9.59 Å². The highest BCUT2D eigenvalue weighted by Crippen LogP contribution is 2.25. The lowest BCUT2D eigenvalue weighted by Crippen LogP contribution is -2.51. The maximum Gasteiger partial charge on any atom is 0.261 e. The second kappa shape index (κ2) is 12.2. The summed E-state index contributed by atoms with van der Waals surface area (Å²) in [4.78, 5) is 27.9. The smallest absolute Gasteiger partial charge is 0.261 e. The van der Waals surface area contributed by atoms with Gasteiger partial charge in [-0.25, -0.2) is 0 Å². The average molecular weight is 564 g/mol. The Balaban J connectivity index is 1.89. The number of hydrogen-bond donors (Lipinski definition) is 1. The molecular formula is C26H25BrCl2N2O3. The number of nitrogens with zero attached hydrogens (tertiary/aromatic N) is 1. The van der Waals surface area contributed by atoms with E-state index >= 15 is 0 Å². The van der Waals surface area contributed by atoms with Crippen molar-refractivity contribution in [2.75, 3.05) is 13.7 Å². The van der Waals surface area contributed by atoms with Gasteiger partial charge in [-0.15, -0.1) is 0 Å². The molecule has 2 amide bonds. The third-order valence-corrected chi connectivity index (χ3v) is 6.97. The summed E-state index contributed by atoms with van der Waals surface area (Å²) in [5.41, 5.74) is 2.68. The number of carbonyl (C=O) groups is 2. The summed E-state index contributed by atoms with van der Waals surface area (Å²) in [6, 6.07) is 19.5. The van der Waals surface area contributed by atoms with Crippen LogP contribution < -0.4 is 10.1 Å². The zero-order valence-electron chi connectivity index (χ0n) is 18.9. The Labute approximate surface area is 218 Å². The predicted molar refractivity (Wildman–Crippen MR) is 139 cm³/mol. The summed E-state index contributed by atoms with van der Waals surface area (Å²) < 4.78 is 6.74. The standard InChI is InChI=1S/C26H25BrCl2N2O3/c1-17-12-20(9-10-21(17)27)34-16-25(32)31(15-19-8-11-22(28)23(29)13-19)24(26(33)30-2)14-18-6-4-3-5-7-18/h3-13,24H,14-16H2,1-2H3,(H,30,33). The van der Waals surface area contributed by atoms with E-state index in [0.29, 0.717) is 22.2 Å². The Bertz CT molecular complexity index is 1160. The zero-order chi connectivity index (χ0) is 24.7. The van der Waals surface area contributed by atoms with Crippen molar-refractivity contribution in [1.29, 1.82) is 0 Å². The molecule has 3 aromatic carbocycles. The van der Waals surface area contributed by atoms with Gasteiger partial charge in [-0.3, -0.25) is 9.59 Å². The molecule has 5 nitrogen and oxygen atoms in total. The van der Waals surface area contributed by atoms with Crippen LogP contribution in [0.5, 0.6) is 5.75 Å². The molecule has 0 fully saturated rings. The molecular weight excluding hydrogens is 539 g/mol. The topological polar surface area (TPSA) is 58.6 Å². The second-order valence-corrected chi connectivity index (χ2v) is 9.46. The van der Waals surface area contributed by atoms with Crippen molar-refractivity contribution in [1.82, 2.24) is 10.2 Å². The average Bonchev–Trinajstić information content (AvgIpc) is 2.84. The van der Waals surface area contributed by atoms with Crippen molar-refractivity contribution in [2.24, 2.45) is 0 Å². The minimum absolute atomic E-state index is 0.170. The number of likely N-dealkylation sites (N-methyl/N-ethyl adjacent to an activating group) is 1. The molecule has 178 valence electrons. The van der Waals surface area contributed by atoms with Crippen molar-refractivity contribution in [3.8, 4) is 5.75 Å². The van der Waals surface area contributed by atoms with Crippen molar-refractivity contribution < 1.29 is 14.3 Å². The van der Waals surface area contributed by atoms with Gasteiger partial charge in [0.05, 0.1) is 10.0 Å². The van der Waals surface area contributed by atoms with Crippen LogP contribution in [0.2, 0.25) is 10.0 Å². The fourth-order valence-electron chi connectivity index (χ4n) is 3.49. The van der Waals surface area contributed by atoms with E-state index in [1.54, 1.807) is 31.3 Å². The number of aryl methyl sites for hydroxylation is 1. The number of hydrogen-bond acceptors (Lipinski definition) is 3. The summed E-state index contributed by atoms with van der Waals surface area (Å²) in [5.74, 6) is -0.0176. The number of halogens is 3. The van der Waals surface area contributed by atoms with Crippen LogP contribution in [0.1, 0.15) is 16.7 Å². The lowest BCUT2D eigenvalue weighted by atomic mass is 10.0. The van der Waals surface area contributed by atoms with E-state index in [1.807, 2.05) is 49.4 Å². The SMILES string of the molecule is CNC(=O)C(Cc1ccccc1)N(Cc1ccc(Cl)c(Cl)c1)C(=O)COc1ccc(Br)c(C)c1. The molecule has 0 saturated carbocycles. The first kappa shape index (κ1) is 26.1. The monoisotopic (exact) mass is 562 g/mol. The molecule has 0 aliphatic carbocycles. The largest absolute Gasteiger partial charge is 0.484 e. The van der Waals surface area contributed by atoms with E-state index in [-0.39, 0.29) is 25.0 Å². The Kier molecular flexibility index (Phi) is 9.39. The molecule has 0 spiro atoms. The summed E-state index contributed by atoms with van der Waals surface area (Å²) in [5, 5.41) is 3.49. The number of amides is 2. The molecule has 0 bridgehead atoms. The molecule has 0 radical (unpaired) electrons. The first-order valence-corrected chi connectivity index (χ1v) is 12.2. The third kappa shape index (κ3) is 6.98. The van der Waals surface area contributed by atoms with Crippen LogP contribution >= 0.6 is 39.1 Å². The number of benzene rings is 3. The number of carbonyl (C=O) groups excluding carboxylic acids is 2. The van der Waals surface area contributed by atoms with Crippen LogP contribution in [0.25, 0.3) is 0 Å². The molecule has 1 atom stereocenters. The highest BCUT2D eigenvalue weighted by atomic mass is 79.9. The lowest BCUT2D eigenvalue weighted by molar-refractivity contribution is -0.142. The fraction of sp³-hybridized carbons (Fsp3) is 0.231. The molecule has 0 heterocycles. The molecule has 1 N–H and O–H groups in total. The van der Waals surface area contributed by atoms with E-state index in [1.165, 1.54) is 4.90 Å². The van der Waals surface area contributed by atoms with Gasteiger partial charge < -0.3 is 15.0 Å². The minimum Gasteiger partial charge on any atom is -0.484 e. The maximum atomic E-state index is 13.4. The first-order valence-electron chi connectivity index (χ1n) is 10.7. The molecule has 8 heteroatoms. The Morgan fingerprint density at radius 1 is 1.00 bits per heavy atom. The summed E-state index contributed by atoms with van der Waals surface area (Å²) >= 11 is 15.7. The number of nitrogens with one attached hydrogen (secondary N) is 1. The van der Waals surface area contributed by atoms with Gasteiger partial charge in [-0.05, 0) is 53.9 Å². The van der Waals surface area contributed by atoms with Crippen LogP contribution in [0.3, 0.4) is 0 Å². The Morgan fingerprint density at radius 3 is 2.38 bits per heavy atom.